The number of nitrogens with zero attached hydrogens (tertiary/aromatic N) is 1. The van der Waals surface area contributed by atoms with Gasteiger partial charge in [0.1, 0.15) is 12.2 Å². The number of H-pyrrole nitrogens is 1. The molecule has 3 rings (SSSR count). The molecular formula is C16H16N2O7. The van der Waals surface area contributed by atoms with E-state index < -0.39 is 48.4 Å². The Morgan fingerprint density at radius 3 is 2.60 bits per heavy atom. The zero-order valence-corrected chi connectivity index (χ0v) is 12.9. The Morgan fingerprint density at radius 1 is 1.24 bits per heavy atom. The lowest BCUT2D eigenvalue weighted by molar-refractivity contribution is -0.0603. The summed E-state index contributed by atoms with van der Waals surface area (Å²) in [5.74, 6) is -0.714. The molecule has 1 aromatic carbocycles. The fourth-order valence-corrected chi connectivity index (χ4v) is 2.61. The molecule has 0 spiro atoms. The molecule has 1 fully saturated rings. The van der Waals surface area contributed by atoms with Crippen LogP contribution in [0.25, 0.3) is 0 Å². The van der Waals surface area contributed by atoms with Crippen LogP contribution in [0.2, 0.25) is 0 Å². The maximum atomic E-state index is 12.3. The predicted octanol–water partition coefficient (Wildman–Crippen LogP) is -0.987. The first-order valence-electron chi connectivity index (χ1n) is 7.53. The first kappa shape index (κ1) is 17.1. The van der Waals surface area contributed by atoms with Gasteiger partial charge < -0.3 is 19.7 Å². The number of carbonyl (C=O) groups is 1. The Morgan fingerprint density at radius 2 is 1.96 bits per heavy atom. The summed E-state index contributed by atoms with van der Waals surface area (Å²) in [6.07, 6.45) is -3.65. The van der Waals surface area contributed by atoms with Gasteiger partial charge >= 0.3 is 11.7 Å². The Hall–Kier alpha value is -2.75. The number of aromatic amines is 1. The molecule has 4 atom stereocenters. The Bertz CT molecular complexity index is 861. The van der Waals surface area contributed by atoms with Gasteiger partial charge in [0.05, 0.1) is 12.2 Å². The Balaban J connectivity index is 1.91. The number of benzene rings is 1. The predicted molar refractivity (Wildman–Crippen MR) is 84.0 cm³/mol. The van der Waals surface area contributed by atoms with E-state index in [4.69, 9.17) is 9.47 Å². The van der Waals surface area contributed by atoms with E-state index in [1.165, 1.54) is 18.3 Å². The number of rotatable bonds is 4. The molecule has 1 saturated heterocycles. The highest BCUT2D eigenvalue weighted by atomic mass is 16.6. The highest BCUT2D eigenvalue weighted by Crippen LogP contribution is 2.31. The lowest BCUT2D eigenvalue weighted by Gasteiger charge is -2.22. The monoisotopic (exact) mass is 348 g/mol. The molecule has 0 aliphatic carbocycles. The number of nitrogens with one attached hydrogen (secondary N) is 1. The number of ether oxygens (including phenoxy) is 2. The van der Waals surface area contributed by atoms with Gasteiger partial charge in [-0.3, -0.25) is 14.3 Å². The largest absolute Gasteiger partial charge is 0.451 e. The first-order valence-corrected chi connectivity index (χ1v) is 7.53. The second-order valence-electron chi connectivity index (χ2n) is 5.49. The SMILES string of the molecule is O=C(O[C@@H]1[C@H](O)[C@@H](CO)O[C@H]1n1ccc(=O)[nH]c1=O)c1ccccc1. The molecule has 0 saturated carbocycles. The van der Waals surface area contributed by atoms with E-state index in [0.29, 0.717) is 0 Å². The molecule has 0 unspecified atom stereocenters. The molecule has 1 aliphatic heterocycles. The number of carbonyl (C=O) groups excluding carboxylic acids is 1. The topological polar surface area (TPSA) is 131 Å². The van der Waals surface area contributed by atoms with Crippen LogP contribution in [0, 0.1) is 0 Å². The number of aliphatic hydroxyl groups excluding tert-OH is 2. The normalized spacial score (nSPS) is 25.7. The molecule has 132 valence electrons. The third-order valence-corrected chi connectivity index (χ3v) is 3.87. The van der Waals surface area contributed by atoms with Crippen molar-refractivity contribution in [3.05, 3.63) is 69.0 Å². The third kappa shape index (κ3) is 3.38. The molecule has 9 nitrogen and oxygen atoms in total. The lowest BCUT2D eigenvalue weighted by atomic mass is 10.1. The van der Waals surface area contributed by atoms with Crippen LogP contribution in [0.15, 0.2) is 52.2 Å². The van der Waals surface area contributed by atoms with Gasteiger partial charge in [-0.25, -0.2) is 9.59 Å². The van der Waals surface area contributed by atoms with Gasteiger partial charge in [0.25, 0.3) is 5.56 Å². The Kier molecular flexibility index (Phi) is 4.79. The third-order valence-electron chi connectivity index (χ3n) is 3.87. The fourth-order valence-electron chi connectivity index (χ4n) is 2.61. The first-order chi connectivity index (χ1) is 12.0. The standard InChI is InChI=1S/C16H16N2O7/c19-8-10-12(21)13(25-15(22)9-4-2-1-3-5-9)14(24-10)18-7-6-11(20)17-16(18)23/h1-7,10,12-14,19,21H,8H2,(H,17,20,23)/t10-,12-,13-,14-/m1/s1. The number of hydrogen-bond donors (Lipinski definition) is 3. The summed E-state index contributed by atoms with van der Waals surface area (Å²) in [5.41, 5.74) is -1.13. The summed E-state index contributed by atoms with van der Waals surface area (Å²) >= 11 is 0. The second kappa shape index (κ2) is 7.01. The maximum absolute atomic E-state index is 12.3. The van der Waals surface area contributed by atoms with E-state index in [-0.39, 0.29) is 5.56 Å². The lowest BCUT2D eigenvalue weighted by Crippen LogP contribution is -2.40. The molecule has 9 heteroatoms. The molecular weight excluding hydrogens is 332 g/mol. The number of esters is 1. The molecule has 3 N–H and O–H groups in total. The van der Waals surface area contributed by atoms with Crippen molar-refractivity contribution in [2.75, 3.05) is 6.61 Å². The van der Waals surface area contributed by atoms with Gasteiger partial charge in [-0.05, 0) is 12.1 Å². The van der Waals surface area contributed by atoms with Crippen LogP contribution in [0.3, 0.4) is 0 Å². The summed E-state index contributed by atoms with van der Waals surface area (Å²) in [4.78, 5) is 37.5. The van der Waals surface area contributed by atoms with E-state index in [2.05, 4.69) is 4.98 Å². The minimum Gasteiger partial charge on any atom is -0.451 e. The van der Waals surface area contributed by atoms with Crippen LogP contribution in [0.4, 0.5) is 0 Å². The highest BCUT2D eigenvalue weighted by Gasteiger charge is 2.47. The average molecular weight is 348 g/mol. The summed E-state index contributed by atoms with van der Waals surface area (Å²) in [5, 5.41) is 19.6. The zero-order valence-electron chi connectivity index (χ0n) is 12.9. The van der Waals surface area contributed by atoms with Crippen molar-refractivity contribution in [3.8, 4) is 0 Å². The van der Waals surface area contributed by atoms with Crippen LogP contribution >= 0.6 is 0 Å². The van der Waals surface area contributed by atoms with Crippen LogP contribution in [-0.2, 0) is 9.47 Å². The van der Waals surface area contributed by atoms with Crippen molar-refractivity contribution >= 4 is 5.97 Å². The minimum absolute atomic E-state index is 0.259. The van der Waals surface area contributed by atoms with Crippen LogP contribution in [0.5, 0.6) is 0 Å². The summed E-state index contributed by atoms with van der Waals surface area (Å²) in [6.45, 7) is -0.533. The quantitative estimate of drug-likeness (QED) is 0.605. The molecule has 1 aliphatic rings. The molecule has 0 amide bonds. The zero-order chi connectivity index (χ0) is 18.0. The smallest absolute Gasteiger partial charge is 0.338 e. The average Bonchev–Trinajstić information content (AvgIpc) is 2.92. The van der Waals surface area contributed by atoms with E-state index in [1.54, 1.807) is 18.2 Å². The van der Waals surface area contributed by atoms with Crippen LogP contribution in [-0.4, -0.2) is 50.7 Å². The molecule has 1 aromatic heterocycles. The van der Waals surface area contributed by atoms with Gasteiger partial charge in [-0.2, -0.15) is 0 Å². The van der Waals surface area contributed by atoms with E-state index in [9.17, 15) is 24.6 Å². The van der Waals surface area contributed by atoms with E-state index in [0.717, 1.165) is 10.6 Å². The maximum Gasteiger partial charge on any atom is 0.338 e. The van der Waals surface area contributed by atoms with Crippen molar-refractivity contribution in [2.24, 2.45) is 0 Å². The molecule has 2 aromatic rings. The van der Waals surface area contributed by atoms with Crippen molar-refractivity contribution in [2.45, 2.75) is 24.5 Å². The van der Waals surface area contributed by atoms with Crippen molar-refractivity contribution in [1.29, 1.82) is 0 Å². The van der Waals surface area contributed by atoms with Gasteiger partial charge in [-0.15, -0.1) is 0 Å². The van der Waals surface area contributed by atoms with Crippen molar-refractivity contribution in [3.63, 3.8) is 0 Å². The van der Waals surface area contributed by atoms with Gasteiger partial charge in [0.2, 0.25) is 0 Å². The number of hydrogen-bond acceptors (Lipinski definition) is 7. The summed E-state index contributed by atoms with van der Waals surface area (Å²) in [6, 6.07) is 9.20. The molecule has 0 bridgehead atoms. The van der Waals surface area contributed by atoms with Crippen LogP contribution in [0.1, 0.15) is 16.6 Å². The van der Waals surface area contributed by atoms with Gasteiger partial charge in [0.15, 0.2) is 12.3 Å². The summed E-state index contributed by atoms with van der Waals surface area (Å²) in [7, 11) is 0. The van der Waals surface area contributed by atoms with Crippen molar-refractivity contribution < 1.29 is 24.5 Å². The molecule has 0 radical (unpaired) electrons. The van der Waals surface area contributed by atoms with Crippen LogP contribution < -0.4 is 11.2 Å². The second-order valence-corrected chi connectivity index (χ2v) is 5.49. The number of aromatic nitrogens is 2. The van der Waals surface area contributed by atoms with E-state index >= 15 is 0 Å². The minimum atomic E-state index is -1.35. The molecule has 2 heterocycles. The Labute approximate surface area is 141 Å². The highest BCUT2D eigenvalue weighted by molar-refractivity contribution is 5.89. The van der Waals surface area contributed by atoms with Gasteiger partial charge in [0, 0.05) is 12.3 Å². The van der Waals surface area contributed by atoms with Gasteiger partial charge in [-0.1, -0.05) is 18.2 Å². The molecule has 25 heavy (non-hydrogen) atoms. The van der Waals surface area contributed by atoms with E-state index in [1.807, 2.05) is 0 Å². The summed E-state index contributed by atoms with van der Waals surface area (Å²) < 4.78 is 11.7. The van der Waals surface area contributed by atoms with Crippen molar-refractivity contribution in [1.82, 2.24) is 9.55 Å². The number of aliphatic hydroxyl groups is 2. The fraction of sp³-hybridized carbons (Fsp3) is 0.312.